The van der Waals surface area contributed by atoms with Crippen molar-refractivity contribution in [3.05, 3.63) is 29.8 Å². The molecule has 0 aromatic heterocycles. The zero-order chi connectivity index (χ0) is 15.3. The minimum absolute atomic E-state index is 0.189. The normalized spacial score (nSPS) is 32.3. The van der Waals surface area contributed by atoms with Gasteiger partial charge in [-0.25, -0.2) is 0 Å². The van der Waals surface area contributed by atoms with Crippen LogP contribution in [0.2, 0.25) is 0 Å². The molecule has 114 valence electrons. The average molecular weight is 300 g/mol. The molecule has 1 aromatic carbocycles. The Kier molecular flexibility index (Phi) is 3.24. The molecule has 21 heavy (non-hydrogen) atoms. The molecule has 3 atom stereocenters. The molecule has 6 heteroatoms. The number of fused-ring (bicyclic) bond motifs is 1. The van der Waals surface area contributed by atoms with Crippen molar-refractivity contribution in [3.63, 3.8) is 0 Å². The van der Waals surface area contributed by atoms with Gasteiger partial charge in [-0.15, -0.1) is 13.2 Å². The van der Waals surface area contributed by atoms with Crippen molar-refractivity contribution < 1.29 is 27.8 Å². The number of carbonyl (C=O) groups excluding carboxylic acids is 1. The van der Waals surface area contributed by atoms with Crippen molar-refractivity contribution in [1.29, 1.82) is 0 Å². The van der Waals surface area contributed by atoms with E-state index in [-0.39, 0.29) is 23.4 Å². The van der Waals surface area contributed by atoms with Gasteiger partial charge in [-0.05, 0) is 42.4 Å². The molecule has 2 saturated carbocycles. The second-order valence-electron chi connectivity index (χ2n) is 5.98. The Morgan fingerprint density at radius 1 is 1.10 bits per heavy atom. The summed E-state index contributed by atoms with van der Waals surface area (Å²) >= 11 is 0. The number of halogens is 3. The second-order valence-corrected chi connectivity index (χ2v) is 5.98. The molecule has 1 aromatic rings. The number of benzene rings is 1. The van der Waals surface area contributed by atoms with Crippen LogP contribution in [0.25, 0.3) is 0 Å². The van der Waals surface area contributed by atoms with Crippen LogP contribution in [0.4, 0.5) is 13.2 Å². The van der Waals surface area contributed by atoms with Crippen LogP contribution in [0.3, 0.4) is 0 Å². The summed E-state index contributed by atoms with van der Waals surface area (Å²) in [6.45, 7) is 0. The number of alkyl halides is 3. The third-order valence-electron chi connectivity index (χ3n) is 4.47. The predicted octanol–water partition coefficient (Wildman–Crippen LogP) is 3.16. The molecule has 0 aliphatic heterocycles. The van der Waals surface area contributed by atoms with E-state index < -0.39 is 12.0 Å². The van der Waals surface area contributed by atoms with Gasteiger partial charge in [-0.2, -0.15) is 0 Å². The summed E-state index contributed by atoms with van der Waals surface area (Å²) in [6.07, 6.45) is -2.74. The highest BCUT2D eigenvalue weighted by atomic mass is 19.4. The molecule has 0 amide bonds. The molecule has 0 heterocycles. The fourth-order valence-electron chi connectivity index (χ4n) is 3.63. The first-order chi connectivity index (χ1) is 9.75. The molecule has 2 fully saturated rings. The lowest BCUT2D eigenvalue weighted by Gasteiger charge is -2.24. The lowest BCUT2D eigenvalue weighted by Crippen LogP contribution is -2.23. The highest BCUT2D eigenvalue weighted by Gasteiger charge is 2.49. The van der Waals surface area contributed by atoms with Crippen molar-refractivity contribution in [2.45, 2.75) is 37.6 Å². The number of hydrogen-bond acceptors (Lipinski definition) is 3. The fourth-order valence-corrected chi connectivity index (χ4v) is 3.63. The first-order valence-electron chi connectivity index (χ1n) is 6.85. The van der Waals surface area contributed by atoms with Gasteiger partial charge in [-0.3, -0.25) is 4.79 Å². The van der Waals surface area contributed by atoms with Gasteiger partial charge in [0, 0.05) is 12.8 Å². The van der Waals surface area contributed by atoms with Crippen LogP contribution in [-0.2, 0) is 10.4 Å². The standard InChI is InChI=1S/C15H15F3O3/c16-15(17,18)21-13-3-1-11(2-4-13)14(20)7-9-5-12(19)6-10(9)8-14/h1-4,9-10,20H,5-8H2/t9-,10+,14?. The Bertz CT molecular complexity index is 534. The summed E-state index contributed by atoms with van der Waals surface area (Å²) in [7, 11) is 0. The highest BCUT2D eigenvalue weighted by Crippen LogP contribution is 2.51. The minimum atomic E-state index is -4.72. The molecule has 2 aliphatic rings. The zero-order valence-electron chi connectivity index (χ0n) is 11.2. The Morgan fingerprint density at radius 3 is 2.10 bits per heavy atom. The monoisotopic (exact) mass is 300 g/mol. The van der Waals surface area contributed by atoms with Crippen LogP contribution < -0.4 is 4.74 Å². The van der Waals surface area contributed by atoms with E-state index in [1.54, 1.807) is 0 Å². The number of ketones is 1. The molecule has 0 saturated heterocycles. The maximum absolute atomic E-state index is 12.1. The number of rotatable bonds is 2. The molecule has 0 radical (unpaired) electrons. The van der Waals surface area contributed by atoms with E-state index in [0.29, 0.717) is 31.2 Å². The smallest absolute Gasteiger partial charge is 0.406 e. The molecule has 1 N–H and O–H groups in total. The Labute approximate surface area is 119 Å². The SMILES string of the molecule is O=C1C[C@@H]2CC(O)(c3ccc(OC(F)(F)F)cc3)C[C@@H]2C1. The van der Waals surface area contributed by atoms with Crippen molar-refractivity contribution >= 4 is 5.78 Å². The molecule has 0 spiro atoms. The van der Waals surface area contributed by atoms with Crippen LogP contribution in [0.1, 0.15) is 31.2 Å². The number of ether oxygens (including phenoxy) is 1. The Hall–Kier alpha value is -1.56. The van der Waals surface area contributed by atoms with E-state index in [0.717, 1.165) is 0 Å². The van der Waals surface area contributed by atoms with Gasteiger partial charge >= 0.3 is 6.36 Å². The lowest BCUT2D eigenvalue weighted by atomic mass is 9.89. The van der Waals surface area contributed by atoms with E-state index in [1.807, 2.05) is 0 Å². The number of Topliss-reactive ketones (excluding diaryl/α,β-unsaturated/α-hetero) is 1. The van der Waals surface area contributed by atoms with Gasteiger partial charge in [0.25, 0.3) is 0 Å². The first-order valence-corrected chi connectivity index (χ1v) is 6.85. The summed E-state index contributed by atoms with van der Waals surface area (Å²) in [5, 5.41) is 10.7. The van der Waals surface area contributed by atoms with Crippen LogP contribution in [0, 0.1) is 11.8 Å². The minimum Gasteiger partial charge on any atom is -0.406 e. The van der Waals surface area contributed by atoms with Crippen LogP contribution in [-0.4, -0.2) is 17.3 Å². The van der Waals surface area contributed by atoms with E-state index in [2.05, 4.69) is 4.74 Å². The van der Waals surface area contributed by atoms with Crippen molar-refractivity contribution in [2.24, 2.45) is 11.8 Å². The van der Waals surface area contributed by atoms with E-state index in [9.17, 15) is 23.1 Å². The van der Waals surface area contributed by atoms with Crippen molar-refractivity contribution in [1.82, 2.24) is 0 Å². The van der Waals surface area contributed by atoms with Gasteiger partial charge in [-0.1, -0.05) is 12.1 Å². The molecule has 3 rings (SSSR count). The van der Waals surface area contributed by atoms with Gasteiger partial charge in [0.15, 0.2) is 0 Å². The zero-order valence-corrected chi connectivity index (χ0v) is 11.2. The number of hydrogen-bond donors (Lipinski definition) is 1. The second kappa shape index (κ2) is 4.73. The summed E-state index contributed by atoms with van der Waals surface area (Å²) in [6, 6.07) is 5.34. The Morgan fingerprint density at radius 2 is 1.62 bits per heavy atom. The summed E-state index contributed by atoms with van der Waals surface area (Å²) in [5.41, 5.74) is -0.467. The molecule has 0 bridgehead atoms. The van der Waals surface area contributed by atoms with Crippen molar-refractivity contribution in [2.75, 3.05) is 0 Å². The maximum atomic E-state index is 12.1. The van der Waals surface area contributed by atoms with E-state index in [1.165, 1.54) is 24.3 Å². The van der Waals surface area contributed by atoms with Crippen LogP contribution in [0.5, 0.6) is 5.75 Å². The average Bonchev–Trinajstić information content (AvgIpc) is 2.81. The Balaban J connectivity index is 1.74. The quantitative estimate of drug-likeness (QED) is 0.912. The van der Waals surface area contributed by atoms with Crippen LogP contribution >= 0.6 is 0 Å². The molecule has 2 aliphatic carbocycles. The number of aliphatic hydroxyl groups is 1. The largest absolute Gasteiger partial charge is 0.573 e. The molecular formula is C15H15F3O3. The molecule has 3 nitrogen and oxygen atoms in total. The maximum Gasteiger partial charge on any atom is 0.573 e. The van der Waals surface area contributed by atoms with Crippen LogP contribution in [0.15, 0.2) is 24.3 Å². The number of carbonyl (C=O) groups is 1. The van der Waals surface area contributed by atoms with Gasteiger partial charge in [0.2, 0.25) is 0 Å². The van der Waals surface area contributed by atoms with Crippen molar-refractivity contribution in [3.8, 4) is 5.75 Å². The third kappa shape index (κ3) is 2.90. The van der Waals surface area contributed by atoms with Gasteiger partial charge in [0.05, 0.1) is 5.60 Å². The van der Waals surface area contributed by atoms with E-state index in [4.69, 9.17) is 0 Å². The molecular weight excluding hydrogens is 285 g/mol. The summed E-state index contributed by atoms with van der Waals surface area (Å²) in [5.74, 6) is 0.311. The summed E-state index contributed by atoms with van der Waals surface area (Å²) < 4.78 is 40.1. The third-order valence-corrected chi connectivity index (χ3v) is 4.47. The topological polar surface area (TPSA) is 46.5 Å². The predicted molar refractivity (Wildman–Crippen MR) is 67.5 cm³/mol. The highest BCUT2D eigenvalue weighted by molar-refractivity contribution is 5.81. The van der Waals surface area contributed by atoms with Gasteiger partial charge in [0.1, 0.15) is 11.5 Å². The molecule has 1 unspecified atom stereocenters. The lowest BCUT2D eigenvalue weighted by molar-refractivity contribution is -0.274. The van der Waals surface area contributed by atoms with Gasteiger partial charge < -0.3 is 9.84 Å². The van der Waals surface area contributed by atoms with E-state index >= 15 is 0 Å². The first kappa shape index (κ1) is 14.4. The summed E-state index contributed by atoms with van der Waals surface area (Å²) in [4.78, 5) is 11.4. The fraction of sp³-hybridized carbons (Fsp3) is 0.533.